The first-order chi connectivity index (χ1) is 11.7. The molecular weight excluding hydrogens is 340 g/mol. The lowest BCUT2D eigenvalue weighted by Gasteiger charge is -2.07. The van der Waals surface area contributed by atoms with Gasteiger partial charge >= 0.3 is 0 Å². The van der Waals surface area contributed by atoms with Crippen molar-refractivity contribution >= 4 is 28.7 Å². The predicted octanol–water partition coefficient (Wildman–Crippen LogP) is 2.37. The first-order valence-corrected chi connectivity index (χ1v) is 6.41. The molecule has 0 saturated carbocycles. The van der Waals surface area contributed by atoms with Gasteiger partial charge in [-0.15, -0.1) is 0 Å². The summed E-state index contributed by atoms with van der Waals surface area (Å²) in [6.45, 7) is 0. The van der Waals surface area contributed by atoms with Gasteiger partial charge in [0.1, 0.15) is 5.75 Å². The van der Waals surface area contributed by atoms with E-state index < -0.39 is 49.1 Å². The minimum atomic E-state index is -1.03. The van der Waals surface area contributed by atoms with Gasteiger partial charge < -0.3 is 10.4 Å². The minimum Gasteiger partial charge on any atom is -0.506 e. The molecule has 0 aliphatic carbocycles. The molecule has 0 radical (unpaired) electrons. The number of amides is 1. The van der Waals surface area contributed by atoms with Crippen molar-refractivity contribution < 1.29 is 24.7 Å². The van der Waals surface area contributed by atoms with E-state index in [0.29, 0.717) is 6.07 Å². The van der Waals surface area contributed by atoms with Crippen LogP contribution in [-0.4, -0.2) is 25.8 Å². The third-order valence-corrected chi connectivity index (χ3v) is 3.03. The highest BCUT2D eigenvalue weighted by atomic mass is 16.6. The van der Waals surface area contributed by atoms with Gasteiger partial charge in [0.25, 0.3) is 23.0 Å². The number of carbonyl (C=O) groups is 1. The highest BCUT2D eigenvalue weighted by molar-refractivity contribution is 6.06. The van der Waals surface area contributed by atoms with Gasteiger partial charge in [-0.2, -0.15) is 0 Å². The lowest BCUT2D eigenvalue weighted by atomic mass is 10.1. The summed E-state index contributed by atoms with van der Waals surface area (Å²) >= 11 is 0. The van der Waals surface area contributed by atoms with Gasteiger partial charge in [0.15, 0.2) is 0 Å². The Labute approximate surface area is 137 Å². The van der Waals surface area contributed by atoms with Crippen LogP contribution in [-0.2, 0) is 0 Å². The molecule has 128 valence electrons. The fraction of sp³-hybridized carbons (Fsp3) is 0. The van der Waals surface area contributed by atoms with Crippen molar-refractivity contribution in [3.05, 3.63) is 72.3 Å². The molecule has 12 nitrogen and oxygen atoms in total. The van der Waals surface area contributed by atoms with Crippen molar-refractivity contribution in [3.63, 3.8) is 0 Å². The molecule has 0 unspecified atom stereocenters. The number of nitrogens with one attached hydrogen (secondary N) is 1. The van der Waals surface area contributed by atoms with Crippen molar-refractivity contribution in [1.29, 1.82) is 0 Å². The van der Waals surface area contributed by atoms with E-state index in [1.165, 1.54) is 0 Å². The third-order valence-electron chi connectivity index (χ3n) is 3.03. The number of carbonyl (C=O) groups excluding carboxylic acids is 1. The number of anilines is 1. The van der Waals surface area contributed by atoms with E-state index in [1.54, 1.807) is 0 Å². The number of phenolic OH excluding ortho intramolecular Hbond substituents is 1. The summed E-state index contributed by atoms with van der Waals surface area (Å²) in [5.41, 5.74) is -2.52. The molecule has 0 aliphatic rings. The van der Waals surface area contributed by atoms with Gasteiger partial charge in [0.2, 0.25) is 0 Å². The summed E-state index contributed by atoms with van der Waals surface area (Å²) < 4.78 is 0. The largest absolute Gasteiger partial charge is 0.506 e. The van der Waals surface area contributed by atoms with Crippen molar-refractivity contribution in [2.24, 2.45) is 0 Å². The quantitative estimate of drug-likeness (QED) is 0.469. The highest BCUT2D eigenvalue weighted by Gasteiger charge is 2.21. The molecule has 0 fully saturated rings. The van der Waals surface area contributed by atoms with Crippen LogP contribution >= 0.6 is 0 Å². The standard InChI is InChI=1S/C13H8N4O8/c18-12-2-1-8(15(20)21)6-11(12)14-13(19)7-3-9(16(22)23)5-10(4-7)17(24)25/h1-6,18H,(H,14,19). The summed E-state index contributed by atoms with van der Waals surface area (Å²) in [5.74, 6) is -1.51. The summed E-state index contributed by atoms with van der Waals surface area (Å²) in [5, 5.41) is 44.1. The number of non-ortho nitro benzene ring substituents is 3. The lowest BCUT2D eigenvalue weighted by molar-refractivity contribution is -0.394. The van der Waals surface area contributed by atoms with Crippen molar-refractivity contribution in [2.45, 2.75) is 0 Å². The molecule has 2 N–H and O–H groups in total. The van der Waals surface area contributed by atoms with Crippen LogP contribution in [0, 0.1) is 30.3 Å². The first kappa shape index (κ1) is 17.3. The fourth-order valence-electron chi connectivity index (χ4n) is 1.87. The van der Waals surface area contributed by atoms with E-state index >= 15 is 0 Å². The van der Waals surface area contributed by atoms with Gasteiger partial charge in [0.05, 0.1) is 32.1 Å². The molecule has 2 rings (SSSR count). The SMILES string of the molecule is O=C(Nc1cc([N+](=O)[O-])ccc1O)c1cc([N+](=O)[O-])cc([N+](=O)[O-])c1. The molecule has 0 saturated heterocycles. The molecular formula is C13H8N4O8. The van der Waals surface area contributed by atoms with E-state index in [4.69, 9.17) is 0 Å². The van der Waals surface area contributed by atoms with Gasteiger partial charge in [0, 0.05) is 24.3 Å². The van der Waals surface area contributed by atoms with E-state index in [2.05, 4.69) is 5.32 Å². The number of aromatic hydroxyl groups is 1. The van der Waals surface area contributed by atoms with Crippen molar-refractivity contribution in [3.8, 4) is 5.75 Å². The van der Waals surface area contributed by atoms with Crippen LogP contribution in [0.1, 0.15) is 10.4 Å². The van der Waals surface area contributed by atoms with Crippen LogP contribution in [0.4, 0.5) is 22.7 Å². The number of nitro groups is 3. The Morgan fingerprint density at radius 1 is 0.840 bits per heavy atom. The van der Waals surface area contributed by atoms with Gasteiger partial charge in [-0.3, -0.25) is 35.1 Å². The molecule has 12 heteroatoms. The molecule has 0 bridgehead atoms. The lowest BCUT2D eigenvalue weighted by Crippen LogP contribution is -2.13. The van der Waals surface area contributed by atoms with Crippen LogP contribution in [0.5, 0.6) is 5.75 Å². The molecule has 0 aromatic heterocycles. The maximum absolute atomic E-state index is 12.2. The Morgan fingerprint density at radius 2 is 1.36 bits per heavy atom. The highest BCUT2D eigenvalue weighted by Crippen LogP contribution is 2.29. The van der Waals surface area contributed by atoms with Gasteiger partial charge in [-0.25, -0.2) is 0 Å². The summed E-state index contributed by atoms with van der Waals surface area (Å²) in [4.78, 5) is 41.9. The second-order valence-electron chi connectivity index (χ2n) is 4.66. The minimum absolute atomic E-state index is 0.326. The Hall–Kier alpha value is -4.09. The average molecular weight is 348 g/mol. The molecule has 0 spiro atoms. The Kier molecular flexibility index (Phi) is 4.54. The Morgan fingerprint density at radius 3 is 1.84 bits per heavy atom. The van der Waals surface area contributed by atoms with E-state index in [-0.39, 0.29) is 5.69 Å². The van der Waals surface area contributed by atoms with Crippen LogP contribution in [0.3, 0.4) is 0 Å². The molecule has 2 aromatic carbocycles. The number of rotatable bonds is 5. The van der Waals surface area contributed by atoms with E-state index in [0.717, 1.165) is 30.3 Å². The number of benzene rings is 2. The third kappa shape index (κ3) is 3.82. The second-order valence-corrected chi connectivity index (χ2v) is 4.66. The molecule has 0 atom stereocenters. The first-order valence-electron chi connectivity index (χ1n) is 6.41. The monoisotopic (exact) mass is 348 g/mol. The molecule has 25 heavy (non-hydrogen) atoms. The number of nitro benzene ring substituents is 3. The smallest absolute Gasteiger partial charge is 0.277 e. The number of phenols is 1. The Balaban J connectivity index is 2.41. The van der Waals surface area contributed by atoms with Crippen LogP contribution < -0.4 is 5.32 Å². The molecule has 2 aromatic rings. The normalized spacial score (nSPS) is 10.1. The zero-order chi connectivity index (χ0) is 18.7. The van der Waals surface area contributed by atoms with Crippen molar-refractivity contribution in [1.82, 2.24) is 0 Å². The fourth-order valence-corrected chi connectivity index (χ4v) is 1.87. The number of hydrogen-bond acceptors (Lipinski definition) is 8. The van der Waals surface area contributed by atoms with Crippen LogP contribution in [0.15, 0.2) is 36.4 Å². The maximum Gasteiger partial charge on any atom is 0.277 e. The van der Waals surface area contributed by atoms with Gasteiger partial charge in [-0.1, -0.05) is 0 Å². The summed E-state index contributed by atoms with van der Waals surface area (Å²) in [6, 6.07) is 5.14. The van der Waals surface area contributed by atoms with Crippen molar-refractivity contribution in [2.75, 3.05) is 5.32 Å². The summed E-state index contributed by atoms with van der Waals surface area (Å²) in [7, 11) is 0. The topological polar surface area (TPSA) is 179 Å². The zero-order valence-corrected chi connectivity index (χ0v) is 12.1. The number of hydrogen-bond donors (Lipinski definition) is 2. The van der Waals surface area contributed by atoms with E-state index in [1.807, 2.05) is 0 Å². The van der Waals surface area contributed by atoms with E-state index in [9.17, 15) is 40.2 Å². The summed E-state index contributed by atoms with van der Waals surface area (Å²) in [6.07, 6.45) is 0. The van der Waals surface area contributed by atoms with Crippen LogP contribution in [0.2, 0.25) is 0 Å². The second kappa shape index (κ2) is 6.57. The molecule has 0 heterocycles. The van der Waals surface area contributed by atoms with Crippen LogP contribution in [0.25, 0.3) is 0 Å². The molecule has 0 aliphatic heterocycles. The molecule has 1 amide bonds. The van der Waals surface area contributed by atoms with Gasteiger partial charge in [-0.05, 0) is 6.07 Å². The predicted molar refractivity (Wildman–Crippen MR) is 82.5 cm³/mol. The number of nitrogens with zero attached hydrogens (tertiary/aromatic N) is 3. The maximum atomic E-state index is 12.2. The Bertz CT molecular complexity index is 879. The average Bonchev–Trinajstić information content (AvgIpc) is 2.55. The zero-order valence-electron chi connectivity index (χ0n) is 12.1.